The Balaban J connectivity index is 1.85. The number of hydrogen-bond acceptors (Lipinski definition) is 3. The molecule has 1 aromatic carbocycles. The van der Waals surface area contributed by atoms with Crippen molar-refractivity contribution in [2.45, 2.75) is 38.2 Å². The Hall–Kier alpha value is -1.42. The Bertz CT molecular complexity index is 428. The molecular weight excluding hydrogens is 233 g/mol. The number of ether oxygens (including phenoxy) is 1. The van der Waals surface area contributed by atoms with Gasteiger partial charge in [-0.3, -0.25) is 4.79 Å². The molecule has 0 saturated carbocycles. The molecule has 1 heterocycles. The number of Topliss-reactive ketones (excluding diaryl/α,β-unsaturated/α-hetero) is 1. The lowest BCUT2D eigenvalue weighted by Gasteiger charge is -2.09. The highest BCUT2D eigenvalue weighted by Crippen LogP contribution is 2.21. The molecule has 0 bridgehead atoms. The number of hydrogen-bond donors (Lipinski definition) is 1. The molecule has 1 aliphatic rings. The van der Waals surface area contributed by atoms with E-state index in [9.17, 15) is 9.18 Å². The van der Waals surface area contributed by atoms with Gasteiger partial charge in [0.25, 0.3) is 0 Å². The predicted molar refractivity (Wildman–Crippen MR) is 68.0 cm³/mol. The van der Waals surface area contributed by atoms with Gasteiger partial charge in [-0.05, 0) is 37.8 Å². The molecule has 0 amide bonds. The van der Waals surface area contributed by atoms with Gasteiger partial charge in [-0.2, -0.15) is 0 Å². The van der Waals surface area contributed by atoms with E-state index >= 15 is 0 Å². The van der Waals surface area contributed by atoms with Crippen molar-refractivity contribution >= 4 is 11.5 Å². The lowest BCUT2D eigenvalue weighted by atomic mass is 10.0. The van der Waals surface area contributed by atoms with E-state index in [2.05, 4.69) is 0 Å². The number of para-hydroxylation sites is 1. The second-order valence-corrected chi connectivity index (χ2v) is 4.65. The zero-order valence-corrected chi connectivity index (χ0v) is 10.3. The van der Waals surface area contributed by atoms with Crippen molar-refractivity contribution in [3.8, 4) is 0 Å². The number of benzene rings is 1. The molecule has 98 valence electrons. The summed E-state index contributed by atoms with van der Waals surface area (Å²) in [5.41, 5.74) is 5.81. The summed E-state index contributed by atoms with van der Waals surface area (Å²) < 4.78 is 18.7. The number of carbonyl (C=O) groups is 1. The summed E-state index contributed by atoms with van der Waals surface area (Å²) in [6.45, 7) is 0.829. The third kappa shape index (κ3) is 3.07. The van der Waals surface area contributed by atoms with E-state index in [1.807, 2.05) is 0 Å². The molecule has 0 aliphatic carbocycles. The maximum Gasteiger partial charge on any atom is 0.165 e. The van der Waals surface area contributed by atoms with Crippen molar-refractivity contribution in [2.24, 2.45) is 0 Å². The van der Waals surface area contributed by atoms with Crippen LogP contribution in [0.5, 0.6) is 0 Å². The van der Waals surface area contributed by atoms with E-state index in [-0.39, 0.29) is 11.5 Å². The Kier molecular flexibility index (Phi) is 4.31. The maximum atomic E-state index is 13.2. The standard InChI is InChI=1S/C14H18FNO2/c15-12-7-2-6-11(14(12)16)13(17)8-1-4-10-5-3-9-18-10/h2,6-7,10H,1,3-5,8-9,16H2. The van der Waals surface area contributed by atoms with Crippen molar-refractivity contribution in [1.82, 2.24) is 0 Å². The highest BCUT2D eigenvalue weighted by atomic mass is 19.1. The van der Waals surface area contributed by atoms with Crippen LogP contribution in [0.2, 0.25) is 0 Å². The Morgan fingerprint density at radius 3 is 3.06 bits per heavy atom. The number of carbonyl (C=O) groups excluding carboxylic acids is 1. The molecule has 1 saturated heterocycles. The van der Waals surface area contributed by atoms with E-state index in [0.717, 1.165) is 32.3 Å². The Morgan fingerprint density at radius 2 is 2.33 bits per heavy atom. The smallest absolute Gasteiger partial charge is 0.165 e. The van der Waals surface area contributed by atoms with Gasteiger partial charge in [0.2, 0.25) is 0 Å². The summed E-state index contributed by atoms with van der Waals surface area (Å²) in [4.78, 5) is 11.9. The quantitative estimate of drug-likeness (QED) is 0.646. The highest BCUT2D eigenvalue weighted by molar-refractivity contribution is 6.00. The van der Waals surface area contributed by atoms with Crippen molar-refractivity contribution in [3.05, 3.63) is 29.6 Å². The third-order valence-corrected chi connectivity index (χ3v) is 3.31. The number of halogens is 1. The molecule has 0 spiro atoms. The van der Waals surface area contributed by atoms with Gasteiger partial charge in [-0.1, -0.05) is 6.07 Å². The first-order valence-corrected chi connectivity index (χ1v) is 6.37. The zero-order chi connectivity index (χ0) is 13.0. The second kappa shape index (κ2) is 5.96. The molecule has 1 unspecified atom stereocenters. The van der Waals surface area contributed by atoms with Crippen LogP contribution < -0.4 is 5.73 Å². The first kappa shape index (κ1) is 13.0. The molecule has 0 radical (unpaired) electrons. The van der Waals surface area contributed by atoms with E-state index in [4.69, 9.17) is 10.5 Å². The molecule has 4 heteroatoms. The fourth-order valence-electron chi connectivity index (χ4n) is 2.28. The summed E-state index contributed by atoms with van der Waals surface area (Å²) in [6.07, 6.45) is 4.53. The number of nitrogens with two attached hydrogens (primary N) is 1. The lowest BCUT2D eigenvalue weighted by Crippen LogP contribution is -2.08. The van der Waals surface area contributed by atoms with Gasteiger partial charge < -0.3 is 10.5 Å². The van der Waals surface area contributed by atoms with Gasteiger partial charge in [0.05, 0.1) is 11.8 Å². The summed E-state index contributed by atoms with van der Waals surface area (Å²) in [6, 6.07) is 4.35. The molecule has 1 aliphatic heterocycles. The molecule has 1 atom stereocenters. The molecule has 1 aromatic rings. The van der Waals surface area contributed by atoms with Gasteiger partial charge >= 0.3 is 0 Å². The van der Waals surface area contributed by atoms with Crippen LogP contribution >= 0.6 is 0 Å². The first-order valence-electron chi connectivity index (χ1n) is 6.37. The Labute approximate surface area is 106 Å². The second-order valence-electron chi connectivity index (χ2n) is 4.65. The lowest BCUT2D eigenvalue weighted by molar-refractivity contribution is 0.0923. The topological polar surface area (TPSA) is 52.3 Å². The average Bonchev–Trinajstić information content (AvgIpc) is 2.85. The summed E-state index contributed by atoms with van der Waals surface area (Å²) >= 11 is 0. The first-order chi connectivity index (χ1) is 8.68. The van der Waals surface area contributed by atoms with Crippen molar-refractivity contribution < 1.29 is 13.9 Å². The average molecular weight is 251 g/mol. The maximum absolute atomic E-state index is 13.2. The molecular formula is C14H18FNO2. The summed E-state index contributed by atoms with van der Waals surface area (Å²) in [5, 5.41) is 0. The van der Waals surface area contributed by atoms with Crippen LogP contribution in [-0.2, 0) is 4.74 Å². The van der Waals surface area contributed by atoms with Crippen LogP contribution in [0.4, 0.5) is 10.1 Å². The normalized spacial score (nSPS) is 19.1. The largest absolute Gasteiger partial charge is 0.396 e. The number of ketones is 1. The van der Waals surface area contributed by atoms with E-state index in [0.29, 0.717) is 18.1 Å². The SMILES string of the molecule is Nc1c(F)cccc1C(=O)CCCC1CCCO1. The number of rotatable bonds is 5. The van der Waals surface area contributed by atoms with Gasteiger partial charge in [0.15, 0.2) is 5.78 Å². The van der Waals surface area contributed by atoms with Crippen molar-refractivity contribution in [3.63, 3.8) is 0 Å². The minimum absolute atomic E-state index is 0.0420. The molecule has 2 N–H and O–H groups in total. The summed E-state index contributed by atoms with van der Waals surface area (Å²) in [7, 11) is 0. The van der Waals surface area contributed by atoms with Crippen LogP contribution in [-0.4, -0.2) is 18.5 Å². The Morgan fingerprint density at radius 1 is 1.50 bits per heavy atom. The number of anilines is 1. The van der Waals surface area contributed by atoms with Crippen molar-refractivity contribution in [1.29, 1.82) is 0 Å². The van der Waals surface area contributed by atoms with Gasteiger partial charge in [0.1, 0.15) is 5.82 Å². The van der Waals surface area contributed by atoms with Crippen molar-refractivity contribution in [2.75, 3.05) is 12.3 Å². The van der Waals surface area contributed by atoms with Gasteiger partial charge in [-0.25, -0.2) is 4.39 Å². The molecule has 2 rings (SSSR count). The fraction of sp³-hybridized carbons (Fsp3) is 0.500. The highest BCUT2D eigenvalue weighted by Gasteiger charge is 2.17. The minimum Gasteiger partial charge on any atom is -0.396 e. The van der Waals surface area contributed by atoms with E-state index in [1.54, 1.807) is 6.07 Å². The number of nitrogen functional groups attached to an aromatic ring is 1. The molecule has 0 aromatic heterocycles. The van der Waals surface area contributed by atoms with E-state index < -0.39 is 5.82 Å². The molecule has 1 fully saturated rings. The zero-order valence-electron chi connectivity index (χ0n) is 10.3. The minimum atomic E-state index is -0.528. The predicted octanol–water partition coefficient (Wildman–Crippen LogP) is 2.94. The van der Waals surface area contributed by atoms with E-state index in [1.165, 1.54) is 12.1 Å². The van der Waals surface area contributed by atoms with Gasteiger partial charge in [0, 0.05) is 18.6 Å². The van der Waals surface area contributed by atoms with Crippen LogP contribution in [0.3, 0.4) is 0 Å². The monoisotopic (exact) mass is 251 g/mol. The van der Waals surface area contributed by atoms with Crippen LogP contribution in [0.25, 0.3) is 0 Å². The fourth-order valence-corrected chi connectivity index (χ4v) is 2.28. The van der Waals surface area contributed by atoms with Gasteiger partial charge in [-0.15, -0.1) is 0 Å². The third-order valence-electron chi connectivity index (χ3n) is 3.31. The van der Waals surface area contributed by atoms with Crippen LogP contribution in [0, 0.1) is 5.82 Å². The van der Waals surface area contributed by atoms with Crippen LogP contribution in [0.15, 0.2) is 18.2 Å². The van der Waals surface area contributed by atoms with Crippen LogP contribution in [0.1, 0.15) is 42.5 Å². The summed E-state index contributed by atoms with van der Waals surface area (Å²) in [5.74, 6) is -0.620. The molecule has 3 nitrogen and oxygen atoms in total. The molecule has 18 heavy (non-hydrogen) atoms.